The number of nitrogens with zero attached hydrogens (tertiary/aromatic N) is 1. The number of rotatable bonds is 3. The van der Waals surface area contributed by atoms with Gasteiger partial charge in [-0.15, -0.1) is 0 Å². The van der Waals surface area contributed by atoms with Crippen molar-refractivity contribution >= 4 is 17.8 Å². The molecule has 0 N–H and O–H groups in total. The first kappa shape index (κ1) is 14.8. The molecule has 23 heavy (non-hydrogen) atoms. The molecular formula is C16H9F2NO4. The quantitative estimate of drug-likeness (QED) is 0.816. The topological polar surface area (TPSA) is 63.7 Å². The molecule has 1 aliphatic heterocycles. The number of hydroxylamine groups is 2. The summed E-state index contributed by atoms with van der Waals surface area (Å²) >= 11 is 0. The van der Waals surface area contributed by atoms with Crippen LogP contribution >= 0.6 is 0 Å². The van der Waals surface area contributed by atoms with Gasteiger partial charge in [0.05, 0.1) is 16.7 Å². The second-order valence-electron chi connectivity index (χ2n) is 4.72. The zero-order valence-corrected chi connectivity index (χ0v) is 11.5. The second-order valence-corrected chi connectivity index (χ2v) is 4.72. The number of hydrogen-bond acceptors (Lipinski definition) is 4. The summed E-state index contributed by atoms with van der Waals surface area (Å²) in [5.41, 5.74) is -0.756. The Balaban J connectivity index is 1.88. The van der Waals surface area contributed by atoms with Gasteiger partial charge in [-0.25, -0.2) is 13.6 Å². The molecule has 0 saturated heterocycles. The molecule has 2 amide bonds. The molecule has 1 aliphatic rings. The van der Waals surface area contributed by atoms with Crippen LogP contribution in [0.2, 0.25) is 0 Å². The van der Waals surface area contributed by atoms with Crippen molar-refractivity contribution in [1.82, 2.24) is 5.06 Å². The largest absolute Gasteiger partial charge is 0.364 e. The summed E-state index contributed by atoms with van der Waals surface area (Å²) in [6.45, 7) is 0. The van der Waals surface area contributed by atoms with E-state index in [1.807, 2.05) is 0 Å². The molecule has 0 bridgehead atoms. The molecule has 3 rings (SSSR count). The third-order valence-electron chi connectivity index (χ3n) is 3.35. The predicted octanol–water partition coefficient (Wildman–Crippen LogP) is 2.99. The van der Waals surface area contributed by atoms with Gasteiger partial charge in [-0.2, -0.15) is 0 Å². The lowest BCUT2D eigenvalue weighted by atomic mass is 10.1. The van der Waals surface area contributed by atoms with Gasteiger partial charge in [0, 0.05) is 5.56 Å². The molecule has 2 aromatic carbocycles. The fourth-order valence-corrected chi connectivity index (χ4v) is 2.26. The van der Waals surface area contributed by atoms with E-state index in [2.05, 4.69) is 0 Å². The van der Waals surface area contributed by atoms with Crippen LogP contribution in [0.4, 0.5) is 8.78 Å². The lowest BCUT2D eigenvalue weighted by Gasteiger charge is -2.14. The summed E-state index contributed by atoms with van der Waals surface area (Å²) < 4.78 is 25.8. The Morgan fingerprint density at radius 3 is 2.00 bits per heavy atom. The van der Waals surface area contributed by atoms with Gasteiger partial charge in [0.25, 0.3) is 18.2 Å². The summed E-state index contributed by atoms with van der Waals surface area (Å²) in [6, 6.07) is 10.9. The molecule has 0 atom stereocenters. The van der Waals surface area contributed by atoms with Gasteiger partial charge < -0.3 is 4.84 Å². The van der Waals surface area contributed by atoms with Gasteiger partial charge in [0.2, 0.25) is 0 Å². The van der Waals surface area contributed by atoms with Crippen LogP contribution in [-0.2, 0) is 4.84 Å². The highest BCUT2D eigenvalue weighted by Crippen LogP contribution is 2.26. The smallest absolute Gasteiger partial charge is 0.324 e. The average molecular weight is 317 g/mol. The minimum absolute atomic E-state index is 0.0902. The van der Waals surface area contributed by atoms with Crippen LogP contribution in [0.5, 0.6) is 0 Å². The van der Waals surface area contributed by atoms with Crippen LogP contribution in [0.15, 0.2) is 48.5 Å². The molecule has 7 heteroatoms. The lowest BCUT2D eigenvalue weighted by molar-refractivity contribution is -0.0587. The molecule has 0 spiro atoms. The number of benzene rings is 2. The van der Waals surface area contributed by atoms with Crippen LogP contribution in [0, 0.1) is 0 Å². The highest BCUT2D eigenvalue weighted by molar-refractivity contribution is 6.21. The number of fused-ring (bicyclic) bond motifs is 1. The van der Waals surface area contributed by atoms with Crippen LogP contribution < -0.4 is 0 Å². The van der Waals surface area contributed by atoms with Crippen molar-refractivity contribution in [2.75, 3.05) is 0 Å². The highest BCUT2D eigenvalue weighted by Gasteiger charge is 2.39. The monoisotopic (exact) mass is 317 g/mol. The molecule has 0 aliphatic carbocycles. The molecule has 0 unspecified atom stereocenters. The zero-order chi connectivity index (χ0) is 16.6. The van der Waals surface area contributed by atoms with E-state index in [-0.39, 0.29) is 16.2 Å². The first-order chi connectivity index (χ1) is 11.0. The Morgan fingerprint density at radius 2 is 1.43 bits per heavy atom. The van der Waals surface area contributed by atoms with Crippen molar-refractivity contribution < 1.29 is 28.0 Å². The fourth-order valence-electron chi connectivity index (χ4n) is 2.26. The van der Waals surface area contributed by atoms with Crippen molar-refractivity contribution in [3.05, 3.63) is 70.8 Å². The summed E-state index contributed by atoms with van der Waals surface area (Å²) in [5, 5.41) is 0.287. The lowest BCUT2D eigenvalue weighted by Crippen LogP contribution is -2.33. The minimum atomic E-state index is -2.89. The average Bonchev–Trinajstić information content (AvgIpc) is 2.80. The molecule has 5 nitrogen and oxygen atoms in total. The van der Waals surface area contributed by atoms with E-state index in [0.717, 1.165) is 12.1 Å². The summed E-state index contributed by atoms with van der Waals surface area (Å²) in [6.07, 6.45) is -2.89. The molecule has 0 radical (unpaired) electrons. The molecule has 1 heterocycles. The van der Waals surface area contributed by atoms with Gasteiger partial charge in [0.1, 0.15) is 0 Å². The molecule has 116 valence electrons. The maximum Gasteiger partial charge on any atom is 0.364 e. The van der Waals surface area contributed by atoms with Crippen LogP contribution in [0.1, 0.15) is 43.1 Å². The third kappa shape index (κ3) is 2.46. The van der Waals surface area contributed by atoms with Gasteiger partial charge in [-0.1, -0.05) is 35.4 Å². The van der Waals surface area contributed by atoms with Gasteiger partial charge in [-0.05, 0) is 18.2 Å². The number of imide groups is 1. The normalized spacial score (nSPS) is 13.4. The summed E-state index contributed by atoms with van der Waals surface area (Å²) in [5.74, 6) is -2.82. The Labute approximate surface area is 129 Å². The fraction of sp³-hybridized carbons (Fsp3) is 0.0625. The molecular weight excluding hydrogens is 308 g/mol. The minimum Gasteiger partial charge on any atom is -0.324 e. The number of alkyl halides is 2. The van der Waals surface area contributed by atoms with E-state index in [4.69, 9.17) is 4.84 Å². The maximum absolute atomic E-state index is 12.9. The Kier molecular flexibility index (Phi) is 3.61. The number of amides is 2. The second kappa shape index (κ2) is 5.60. The van der Waals surface area contributed by atoms with Crippen LogP contribution in [0.3, 0.4) is 0 Å². The van der Waals surface area contributed by atoms with E-state index >= 15 is 0 Å². The highest BCUT2D eigenvalue weighted by atomic mass is 19.3. The van der Waals surface area contributed by atoms with Gasteiger partial charge in [-0.3, -0.25) is 9.59 Å². The van der Waals surface area contributed by atoms with Gasteiger partial charge >= 0.3 is 5.97 Å². The number of hydrogen-bond donors (Lipinski definition) is 0. The zero-order valence-electron chi connectivity index (χ0n) is 11.5. The Morgan fingerprint density at radius 1 is 0.913 bits per heavy atom. The first-order valence-electron chi connectivity index (χ1n) is 6.58. The van der Waals surface area contributed by atoms with E-state index in [0.29, 0.717) is 0 Å². The molecule has 0 aromatic heterocycles. The third-order valence-corrected chi connectivity index (χ3v) is 3.35. The Bertz CT molecular complexity index is 784. The number of carbonyl (C=O) groups excluding carboxylic acids is 3. The van der Waals surface area contributed by atoms with Crippen molar-refractivity contribution in [3.8, 4) is 0 Å². The Hall–Kier alpha value is -3.09. The maximum atomic E-state index is 12.9. The van der Waals surface area contributed by atoms with Crippen molar-refractivity contribution in [2.45, 2.75) is 6.43 Å². The summed E-state index contributed by atoms with van der Waals surface area (Å²) in [4.78, 5) is 41.0. The summed E-state index contributed by atoms with van der Waals surface area (Å²) in [7, 11) is 0. The molecule has 0 fully saturated rings. The van der Waals surface area contributed by atoms with E-state index in [9.17, 15) is 23.2 Å². The molecule has 0 saturated carbocycles. The SMILES string of the molecule is O=C(ON1C(=O)c2ccccc2C1=O)c1ccccc1C(F)F. The van der Waals surface area contributed by atoms with Crippen LogP contribution in [0.25, 0.3) is 0 Å². The number of halogens is 2. The van der Waals surface area contributed by atoms with E-state index in [1.165, 1.54) is 24.3 Å². The van der Waals surface area contributed by atoms with E-state index in [1.54, 1.807) is 12.1 Å². The predicted molar refractivity (Wildman–Crippen MR) is 73.8 cm³/mol. The van der Waals surface area contributed by atoms with Gasteiger partial charge in [0.15, 0.2) is 0 Å². The standard InChI is InChI=1S/C16H9F2NO4/c17-13(18)9-5-1-4-8-12(9)16(22)23-19-14(20)10-6-2-3-7-11(10)15(19)21/h1-8,13H. The number of carbonyl (C=O) groups is 3. The molecule has 2 aromatic rings. The first-order valence-corrected chi connectivity index (χ1v) is 6.58. The van der Waals surface area contributed by atoms with E-state index < -0.39 is 35.3 Å². The van der Waals surface area contributed by atoms with Crippen molar-refractivity contribution in [2.24, 2.45) is 0 Å². The van der Waals surface area contributed by atoms with Crippen molar-refractivity contribution in [1.29, 1.82) is 0 Å². The van der Waals surface area contributed by atoms with Crippen LogP contribution in [-0.4, -0.2) is 22.8 Å². The van der Waals surface area contributed by atoms with Crippen molar-refractivity contribution in [3.63, 3.8) is 0 Å².